The van der Waals surface area contributed by atoms with Gasteiger partial charge in [0.05, 0.1) is 11.4 Å². The van der Waals surface area contributed by atoms with Crippen LogP contribution in [0.5, 0.6) is 0 Å². The first kappa shape index (κ1) is 19.4. The minimum absolute atomic E-state index is 0.0722. The van der Waals surface area contributed by atoms with E-state index >= 15 is 0 Å². The van der Waals surface area contributed by atoms with E-state index in [1.807, 2.05) is 36.9 Å². The molecule has 3 aromatic rings. The van der Waals surface area contributed by atoms with Gasteiger partial charge in [0.2, 0.25) is 0 Å². The summed E-state index contributed by atoms with van der Waals surface area (Å²) in [5, 5.41) is 7.55. The molecule has 0 saturated carbocycles. The van der Waals surface area contributed by atoms with Gasteiger partial charge in [-0.25, -0.2) is 4.98 Å². The Morgan fingerprint density at radius 2 is 1.93 bits per heavy atom. The molecule has 2 aromatic heterocycles. The maximum Gasteiger partial charge on any atom is 0.271 e. The van der Waals surface area contributed by atoms with Gasteiger partial charge in [0.25, 0.3) is 5.91 Å². The molecule has 6 nitrogen and oxygen atoms in total. The summed E-state index contributed by atoms with van der Waals surface area (Å²) in [5.74, 6) is 0.837. The molecule has 29 heavy (non-hydrogen) atoms. The van der Waals surface area contributed by atoms with Gasteiger partial charge in [-0.3, -0.25) is 9.48 Å². The van der Waals surface area contributed by atoms with Crippen LogP contribution >= 0.6 is 0 Å². The Morgan fingerprint density at radius 1 is 1.14 bits per heavy atom. The summed E-state index contributed by atoms with van der Waals surface area (Å²) < 4.78 is 4.15. The highest BCUT2D eigenvalue weighted by atomic mass is 16.1. The van der Waals surface area contributed by atoms with Gasteiger partial charge in [-0.2, -0.15) is 5.10 Å². The first-order chi connectivity index (χ1) is 14.1. The van der Waals surface area contributed by atoms with E-state index in [1.54, 1.807) is 0 Å². The smallest absolute Gasteiger partial charge is 0.271 e. The second kappa shape index (κ2) is 8.23. The molecule has 0 fully saturated rings. The standard InChI is InChI=1S/C23H29N5O/c1-16-19(17(2)27(3)26-16)13-14-24-23(29)21-20-12-8-5-9-15-28(20)22(25-21)18-10-6-4-7-11-18/h4,6-7,10-11H,5,8-9,12-15H2,1-3H3,(H,24,29). The van der Waals surface area contributed by atoms with Crippen molar-refractivity contribution in [1.29, 1.82) is 0 Å². The molecule has 0 spiro atoms. The van der Waals surface area contributed by atoms with Crippen LogP contribution in [0.1, 0.15) is 52.4 Å². The van der Waals surface area contributed by atoms with Gasteiger partial charge in [0.1, 0.15) is 11.5 Å². The van der Waals surface area contributed by atoms with Crippen LogP contribution in [0.15, 0.2) is 30.3 Å². The summed E-state index contributed by atoms with van der Waals surface area (Å²) in [6.07, 6.45) is 5.11. The van der Waals surface area contributed by atoms with Crippen LogP contribution in [0.25, 0.3) is 11.4 Å². The molecule has 0 radical (unpaired) electrons. The molecule has 3 heterocycles. The quantitative estimate of drug-likeness (QED) is 0.723. The monoisotopic (exact) mass is 391 g/mol. The van der Waals surface area contributed by atoms with Crippen molar-refractivity contribution >= 4 is 5.91 Å². The van der Waals surface area contributed by atoms with Gasteiger partial charge in [-0.05, 0) is 45.1 Å². The number of rotatable bonds is 5. The molecular weight excluding hydrogens is 362 g/mol. The highest BCUT2D eigenvalue weighted by molar-refractivity contribution is 5.94. The fraction of sp³-hybridized carbons (Fsp3) is 0.435. The number of aryl methyl sites for hydroxylation is 2. The molecular formula is C23H29N5O. The second-order valence-corrected chi connectivity index (χ2v) is 7.84. The number of aromatic nitrogens is 4. The highest BCUT2D eigenvalue weighted by Gasteiger charge is 2.24. The SMILES string of the molecule is Cc1nn(C)c(C)c1CCNC(=O)c1nc(-c2ccccc2)n2c1CCCCC2. The summed E-state index contributed by atoms with van der Waals surface area (Å²) in [6, 6.07) is 10.2. The minimum atomic E-state index is -0.0722. The average Bonchev–Trinajstić information content (AvgIpc) is 3.07. The first-order valence-electron chi connectivity index (χ1n) is 10.5. The van der Waals surface area contributed by atoms with Crippen LogP contribution in [-0.2, 0) is 26.4 Å². The number of amides is 1. The molecule has 0 bridgehead atoms. The van der Waals surface area contributed by atoms with Crippen LogP contribution in [0.2, 0.25) is 0 Å². The van der Waals surface area contributed by atoms with Crippen molar-refractivity contribution in [2.45, 2.75) is 52.5 Å². The van der Waals surface area contributed by atoms with E-state index in [4.69, 9.17) is 4.98 Å². The third kappa shape index (κ3) is 3.84. The van der Waals surface area contributed by atoms with E-state index < -0.39 is 0 Å². The van der Waals surface area contributed by atoms with Gasteiger partial charge in [0, 0.05) is 31.4 Å². The summed E-state index contributed by atoms with van der Waals surface area (Å²) in [4.78, 5) is 17.8. The van der Waals surface area contributed by atoms with Gasteiger partial charge >= 0.3 is 0 Å². The van der Waals surface area contributed by atoms with Crippen LogP contribution in [0.3, 0.4) is 0 Å². The number of imidazole rings is 1. The first-order valence-corrected chi connectivity index (χ1v) is 10.5. The van der Waals surface area contributed by atoms with Crippen molar-refractivity contribution in [2.75, 3.05) is 6.54 Å². The zero-order valence-corrected chi connectivity index (χ0v) is 17.5. The summed E-state index contributed by atoms with van der Waals surface area (Å²) in [6.45, 7) is 5.59. The molecule has 6 heteroatoms. The number of nitrogens with zero attached hydrogens (tertiary/aromatic N) is 4. The Labute approximate surface area is 172 Å². The number of benzene rings is 1. The maximum atomic E-state index is 13.0. The van der Waals surface area contributed by atoms with E-state index in [0.717, 1.165) is 60.7 Å². The molecule has 1 aliphatic heterocycles. The van der Waals surface area contributed by atoms with Gasteiger partial charge in [0.15, 0.2) is 0 Å². The molecule has 1 N–H and O–H groups in total. The fourth-order valence-corrected chi connectivity index (χ4v) is 4.27. The normalized spacial score (nSPS) is 13.8. The lowest BCUT2D eigenvalue weighted by Crippen LogP contribution is -2.27. The van der Waals surface area contributed by atoms with E-state index in [9.17, 15) is 4.79 Å². The van der Waals surface area contributed by atoms with Crippen LogP contribution in [0, 0.1) is 13.8 Å². The van der Waals surface area contributed by atoms with Gasteiger partial charge in [-0.1, -0.05) is 36.8 Å². The summed E-state index contributed by atoms with van der Waals surface area (Å²) in [5.41, 5.74) is 6.12. The lowest BCUT2D eigenvalue weighted by molar-refractivity contribution is 0.0948. The molecule has 0 saturated heterocycles. The van der Waals surface area contributed by atoms with E-state index in [2.05, 4.69) is 34.0 Å². The molecule has 1 aliphatic rings. The zero-order chi connectivity index (χ0) is 20.4. The van der Waals surface area contributed by atoms with Crippen molar-refractivity contribution in [3.63, 3.8) is 0 Å². The summed E-state index contributed by atoms with van der Waals surface area (Å²) in [7, 11) is 1.95. The molecule has 0 unspecified atom stereocenters. The number of nitrogens with one attached hydrogen (secondary N) is 1. The number of fused-ring (bicyclic) bond motifs is 1. The Balaban J connectivity index is 1.56. The van der Waals surface area contributed by atoms with Crippen molar-refractivity contribution in [1.82, 2.24) is 24.6 Å². The van der Waals surface area contributed by atoms with Gasteiger partial charge in [-0.15, -0.1) is 0 Å². The largest absolute Gasteiger partial charge is 0.350 e. The molecule has 1 amide bonds. The highest BCUT2D eigenvalue weighted by Crippen LogP contribution is 2.27. The van der Waals surface area contributed by atoms with E-state index in [1.165, 1.54) is 12.0 Å². The van der Waals surface area contributed by atoms with Crippen LogP contribution < -0.4 is 5.32 Å². The van der Waals surface area contributed by atoms with Crippen LogP contribution in [0.4, 0.5) is 0 Å². The average molecular weight is 392 g/mol. The predicted octanol–water partition coefficient (Wildman–Crippen LogP) is 3.60. The number of hydrogen-bond donors (Lipinski definition) is 1. The van der Waals surface area contributed by atoms with E-state index in [-0.39, 0.29) is 5.91 Å². The Morgan fingerprint density at radius 3 is 2.66 bits per heavy atom. The second-order valence-electron chi connectivity index (χ2n) is 7.84. The Bertz CT molecular complexity index is 1020. The topological polar surface area (TPSA) is 64.7 Å². The Hall–Kier alpha value is -2.89. The summed E-state index contributed by atoms with van der Waals surface area (Å²) >= 11 is 0. The third-order valence-corrected chi connectivity index (χ3v) is 5.93. The number of carbonyl (C=O) groups is 1. The van der Waals surface area contributed by atoms with Crippen molar-refractivity contribution in [2.24, 2.45) is 7.05 Å². The number of hydrogen-bond acceptors (Lipinski definition) is 3. The lowest BCUT2D eigenvalue weighted by atomic mass is 10.1. The third-order valence-electron chi connectivity index (χ3n) is 5.93. The molecule has 152 valence electrons. The van der Waals surface area contributed by atoms with E-state index in [0.29, 0.717) is 12.2 Å². The molecule has 0 aliphatic carbocycles. The van der Waals surface area contributed by atoms with Crippen molar-refractivity contribution in [3.05, 3.63) is 58.7 Å². The minimum Gasteiger partial charge on any atom is -0.350 e. The van der Waals surface area contributed by atoms with Crippen molar-refractivity contribution in [3.8, 4) is 11.4 Å². The predicted molar refractivity (Wildman–Crippen MR) is 114 cm³/mol. The zero-order valence-electron chi connectivity index (χ0n) is 17.5. The Kier molecular flexibility index (Phi) is 5.51. The van der Waals surface area contributed by atoms with Crippen LogP contribution in [-0.4, -0.2) is 31.8 Å². The van der Waals surface area contributed by atoms with Crippen molar-refractivity contribution < 1.29 is 4.79 Å². The lowest BCUT2D eigenvalue weighted by Gasteiger charge is -2.09. The maximum absolute atomic E-state index is 13.0. The van der Waals surface area contributed by atoms with Gasteiger partial charge < -0.3 is 9.88 Å². The number of carbonyl (C=O) groups excluding carboxylic acids is 1. The molecule has 4 rings (SSSR count). The fourth-order valence-electron chi connectivity index (χ4n) is 4.27. The molecule has 0 atom stereocenters. The molecule has 1 aromatic carbocycles.